The van der Waals surface area contributed by atoms with Crippen LogP contribution in [-0.2, 0) is 22.1 Å². The summed E-state index contributed by atoms with van der Waals surface area (Å²) in [4.78, 5) is 0. The second-order valence-corrected chi connectivity index (χ2v) is 5.98. The van der Waals surface area contributed by atoms with Gasteiger partial charge in [-0.15, -0.1) is 0 Å². The van der Waals surface area contributed by atoms with Crippen molar-refractivity contribution in [3.8, 4) is 0 Å². The number of nitrogens with two attached hydrogens (primary N) is 1. The Bertz CT molecular complexity index is 411. The first kappa shape index (κ1) is 12.2. The van der Waals surface area contributed by atoms with Crippen LogP contribution in [0, 0.1) is 0 Å². The highest BCUT2D eigenvalue weighted by Gasteiger charge is 2.20. The van der Waals surface area contributed by atoms with E-state index in [1.54, 1.807) is 24.0 Å². The van der Waals surface area contributed by atoms with Gasteiger partial charge in [-0.1, -0.05) is 0 Å². The Kier molecular flexibility index (Phi) is 3.87. The zero-order valence-corrected chi connectivity index (χ0v) is 9.87. The molecule has 0 aliphatic rings. The van der Waals surface area contributed by atoms with Crippen LogP contribution < -0.4 is 5.73 Å². The number of aryl methyl sites for hydroxylation is 1. The van der Waals surface area contributed by atoms with Crippen molar-refractivity contribution in [3.05, 3.63) is 18.0 Å². The first-order valence-electron chi connectivity index (χ1n) is 4.92. The van der Waals surface area contributed by atoms with Gasteiger partial charge in [0.2, 0.25) is 0 Å². The van der Waals surface area contributed by atoms with Crippen molar-refractivity contribution in [2.45, 2.75) is 31.4 Å². The van der Waals surface area contributed by atoms with Crippen LogP contribution >= 0.6 is 0 Å². The fourth-order valence-corrected chi connectivity index (χ4v) is 2.37. The fourth-order valence-electron chi connectivity index (χ4n) is 1.18. The SMILES string of the molecule is CCn1cc(CS(=O)(=O)C(C)CN)cn1. The number of hydrogen-bond acceptors (Lipinski definition) is 4. The lowest BCUT2D eigenvalue weighted by Crippen LogP contribution is -2.27. The Hall–Kier alpha value is -0.880. The molecule has 1 aromatic heterocycles. The maximum Gasteiger partial charge on any atom is 0.158 e. The second kappa shape index (κ2) is 4.76. The second-order valence-electron chi connectivity index (χ2n) is 3.56. The van der Waals surface area contributed by atoms with Crippen molar-refractivity contribution in [1.82, 2.24) is 9.78 Å². The molecule has 0 radical (unpaired) electrons. The van der Waals surface area contributed by atoms with E-state index in [-0.39, 0.29) is 12.3 Å². The topological polar surface area (TPSA) is 78.0 Å². The van der Waals surface area contributed by atoms with Gasteiger partial charge in [0, 0.05) is 24.8 Å². The van der Waals surface area contributed by atoms with E-state index in [9.17, 15) is 8.42 Å². The van der Waals surface area contributed by atoms with E-state index in [1.165, 1.54) is 0 Å². The molecular weight excluding hydrogens is 214 g/mol. The zero-order chi connectivity index (χ0) is 11.5. The number of sulfone groups is 1. The summed E-state index contributed by atoms with van der Waals surface area (Å²) >= 11 is 0. The molecule has 0 bridgehead atoms. The van der Waals surface area contributed by atoms with E-state index < -0.39 is 15.1 Å². The van der Waals surface area contributed by atoms with Crippen LogP contribution in [0.25, 0.3) is 0 Å². The molecule has 1 unspecified atom stereocenters. The van der Waals surface area contributed by atoms with Crippen LogP contribution in [0.3, 0.4) is 0 Å². The third-order valence-corrected chi connectivity index (χ3v) is 4.48. The fraction of sp³-hybridized carbons (Fsp3) is 0.667. The summed E-state index contributed by atoms with van der Waals surface area (Å²) in [6, 6.07) is 0. The minimum atomic E-state index is -3.14. The average Bonchev–Trinajstić information content (AvgIpc) is 2.63. The maximum atomic E-state index is 11.7. The van der Waals surface area contributed by atoms with E-state index >= 15 is 0 Å². The normalized spacial score (nSPS) is 14.1. The molecule has 0 amide bonds. The molecule has 2 N–H and O–H groups in total. The average molecular weight is 231 g/mol. The van der Waals surface area contributed by atoms with Crippen LogP contribution in [0.1, 0.15) is 19.4 Å². The van der Waals surface area contributed by atoms with Gasteiger partial charge in [0.1, 0.15) is 0 Å². The lowest BCUT2D eigenvalue weighted by atomic mass is 10.4. The molecule has 5 nitrogen and oxygen atoms in total. The lowest BCUT2D eigenvalue weighted by molar-refractivity contribution is 0.583. The summed E-state index contributed by atoms with van der Waals surface area (Å²) in [5.41, 5.74) is 6.06. The highest BCUT2D eigenvalue weighted by Crippen LogP contribution is 2.09. The highest BCUT2D eigenvalue weighted by atomic mass is 32.2. The summed E-state index contributed by atoms with van der Waals surface area (Å²) in [7, 11) is -3.14. The van der Waals surface area contributed by atoms with Crippen LogP contribution in [0.5, 0.6) is 0 Å². The smallest absolute Gasteiger partial charge is 0.158 e. The van der Waals surface area contributed by atoms with E-state index in [0.29, 0.717) is 0 Å². The highest BCUT2D eigenvalue weighted by molar-refractivity contribution is 7.91. The minimum absolute atomic E-state index is 0.0192. The van der Waals surface area contributed by atoms with E-state index in [1.807, 2.05) is 6.92 Å². The van der Waals surface area contributed by atoms with Crippen molar-refractivity contribution < 1.29 is 8.42 Å². The van der Waals surface area contributed by atoms with Crippen molar-refractivity contribution in [2.75, 3.05) is 6.54 Å². The number of hydrogen-bond donors (Lipinski definition) is 1. The number of aromatic nitrogens is 2. The summed E-state index contributed by atoms with van der Waals surface area (Å²) in [5, 5.41) is 3.53. The van der Waals surface area contributed by atoms with E-state index in [4.69, 9.17) is 5.73 Å². The van der Waals surface area contributed by atoms with Crippen molar-refractivity contribution in [2.24, 2.45) is 5.73 Å². The Labute approximate surface area is 90.2 Å². The Morgan fingerprint density at radius 3 is 2.73 bits per heavy atom. The molecule has 0 fully saturated rings. The van der Waals surface area contributed by atoms with E-state index in [2.05, 4.69) is 5.10 Å². The van der Waals surface area contributed by atoms with E-state index in [0.717, 1.165) is 12.1 Å². The molecule has 0 aliphatic carbocycles. The molecule has 1 heterocycles. The summed E-state index contributed by atoms with van der Waals surface area (Å²) < 4.78 is 25.1. The van der Waals surface area contributed by atoms with Gasteiger partial charge < -0.3 is 5.73 Å². The molecule has 1 rings (SSSR count). The maximum absolute atomic E-state index is 11.7. The van der Waals surface area contributed by atoms with Crippen LogP contribution in [0.2, 0.25) is 0 Å². The molecular formula is C9H17N3O2S. The van der Waals surface area contributed by atoms with Gasteiger partial charge in [-0.05, 0) is 13.8 Å². The van der Waals surface area contributed by atoms with Gasteiger partial charge in [0.05, 0.1) is 17.2 Å². The van der Waals surface area contributed by atoms with Gasteiger partial charge >= 0.3 is 0 Å². The number of rotatable bonds is 5. The predicted molar refractivity (Wildman–Crippen MR) is 59.0 cm³/mol. The summed E-state index contributed by atoms with van der Waals surface area (Å²) in [6.07, 6.45) is 3.34. The molecule has 0 spiro atoms. The molecule has 0 saturated heterocycles. The summed E-state index contributed by atoms with van der Waals surface area (Å²) in [5.74, 6) is 0.0192. The molecule has 1 aromatic rings. The first-order valence-corrected chi connectivity index (χ1v) is 6.64. The molecule has 86 valence electrons. The van der Waals surface area contributed by atoms with Gasteiger partial charge in [0.15, 0.2) is 9.84 Å². The van der Waals surface area contributed by atoms with Gasteiger partial charge in [0.25, 0.3) is 0 Å². The van der Waals surface area contributed by atoms with Gasteiger partial charge in [-0.25, -0.2) is 8.42 Å². The molecule has 6 heteroatoms. The van der Waals surface area contributed by atoms with Crippen molar-refractivity contribution in [3.63, 3.8) is 0 Å². The van der Waals surface area contributed by atoms with Gasteiger partial charge in [-0.2, -0.15) is 5.10 Å². The summed E-state index contributed by atoms with van der Waals surface area (Å²) in [6.45, 7) is 4.48. The zero-order valence-electron chi connectivity index (χ0n) is 9.05. The van der Waals surface area contributed by atoms with Crippen LogP contribution in [-0.4, -0.2) is 30.0 Å². The monoisotopic (exact) mass is 231 g/mol. The van der Waals surface area contributed by atoms with Crippen molar-refractivity contribution >= 4 is 9.84 Å². The Morgan fingerprint density at radius 2 is 2.27 bits per heavy atom. The molecule has 0 aliphatic heterocycles. The van der Waals surface area contributed by atoms with Crippen LogP contribution in [0.15, 0.2) is 12.4 Å². The van der Waals surface area contributed by atoms with Crippen LogP contribution in [0.4, 0.5) is 0 Å². The lowest BCUT2D eigenvalue weighted by Gasteiger charge is -2.08. The van der Waals surface area contributed by atoms with Gasteiger partial charge in [-0.3, -0.25) is 4.68 Å². The Balaban J connectivity index is 2.77. The third-order valence-electron chi connectivity index (χ3n) is 2.32. The quantitative estimate of drug-likeness (QED) is 0.783. The predicted octanol–water partition coefficient (Wildman–Crippen LogP) is 0.165. The minimum Gasteiger partial charge on any atom is -0.329 e. The molecule has 1 atom stereocenters. The molecule has 15 heavy (non-hydrogen) atoms. The first-order chi connectivity index (χ1) is 6.99. The Morgan fingerprint density at radius 1 is 1.60 bits per heavy atom. The van der Waals surface area contributed by atoms with Crippen molar-refractivity contribution in [1.29, 1.82) is 0 Å². The number of nitrogens with zero attached hydrogens (tertiary/aromatic N) is 2. The third kappa shape index (κ3) is 3.04. The largest absolute Gasteiger partial charge is 0.329 e. The molecule has 0 saturated carbocycles. The molecule has 0 aromatic carbocycles. The standard InChI is InChI=1S/C9H17N3O2S/c1-3-12-6-9(5-11-12)7-15(13,14)8(2)4-10/h5-6,8H,3-4,7,10H2,1-2H3.